The molecule has 0 radical (unpaired) electrons. The minimum Gasteiger partial charge on any atom is -0.360 e. The summed E-state index contributed by atoms with van der Waals surface area (Å²) < 4.78 is 0. The van der Waals surface area contributed by atoms with E-state index >= 15 is 0 Å². The second-order valence-corrected chi connectivity index (χ2v) is 4.58. The van der Waals surface area contributed by atoms with E-state index in [9.17, 15) is 0 Å². The molecule has 2 nitrogen and oxygen atoms in total. The molecule has 0 aromatic heterocycles. The van der Waals surface area contributed by atoms with E-state index in [0.717, 1.165) is 12.1 Å². The van der Waals surface area contributed by atoms with Gasteiger partial charge in [0.25, 0.3) is 0 Å². The summed E-state index contributed by atoms with van der Waals surface area (Å²) in [6, 6.07) is 6.63. The molecular formula is C13H20N2S. The van der Waals surface area contributed by atoms with E-state index in [1.807, 2.05) is 0 Å². The lowest BCUT2D eigenvalue weighted by Crippen LogP contribution is -2.35. The largest absolute Gasteiger partial charge is 0.360 e. The summed E-state index contributed by atoms with van der Waals surface area (Å²) in [4.78, 5) is 0. The smallest absolute Gasteiger partial charge is 0.170 e. The van der Waals surface area contributed by atoms with Crippen molar-refractivity contribution in [3.05, 3.63) is 29.3 Å². The first-order valence-corrected chi connectivity index (χ1v) is 6.09. The maximum absolute atomic E-state index is 5.28. The molecule has 1 aromatic rings. The topological polar surface area (TPSA) is 24.1 Å². The molecule has 0 spiro atoms. The van der Waals surface area contributed by atoms with Crippen molar-refractivity contribution in [3.8, 4) is 0 Å². The molecule has 0 aliphatic heterocycles. The Kier molecular flexibility index (Phi) is 4.74. The van der Waals surface area contributed by atoms with Crippen molar-refractivity contribution in [2.45, 2.75) is 40.2 Å². The first kappa shape index (κ1) is 13.0. The van der Waals surface area contributed by atoms with Crippen LogP contribution in [-0.2, 0) is 0 Å². The molecule has 88 valence electrons. The predicted molar refractivity (Wildman–Crippen MR) is 75.0 cm³/mol. The Morgan fingerprint density at radius 3 is 2.38 bits per heavy atom. The third-order valence-corrected chi connectivity index (χ3v) is 2.93. The van der Waals surface area contributed by atoms with Gasteiger partial charge in [-0.1, -0.05) is 25.1 Å². The van der Waals surface area contributed by atoms with Gasteiger partial charge in [0.2, 0.25) is 0 Å². The number of rotatable bonds is 3. The lowest BCUT2D eigenvalue weighted by molar-refractivity contribution is 0.646. The molecular weight excluding hydrogens is 216 g/mol. The van der Waals surface area contributed by atoms with Gasteiger partial charge in [0.15, 0.2) is 5.11 Å². The summed E-state index contributed by atoms with van der Waals surface area (Å²) in [5, 5.41) is 7.22. The summed E-state index contributed by atoms with van der Waals surface area (Å²) >= 11 is 5.28. The maximum Gasteiger partial charge on any atom is 0.170 e. The molecule has 0 aliphatic carbocycles. The first-order chi connectivity index (χ1) is 7.54. The molecule has 0 bridgehead atoms. The third-order valence-electron chi connectivity index (χ3n) is 2.71. The normalized spacial score (nSPS) is 12.0. The molecule has 0 heterocycles. The second kappa shape index (κ2) is 5.85. The van der Waals surface area contributed by atoms with E-state index in [2.05, 4.69) is 56.5 Å². The van der Waals surface area contributed by atoms with Crippen LogP contribution in [0.4, 0.5) is 5.69 Å². The Bertz CT molecular complexity index is 354. The average molecular weight is 236 g/mol. The number of hydrogen-bond acceptors (Lipinski definition) is 1. The molecule has 0 unspecified atom stereocenters. The van der Waals surface area contributed by atoms with Crippen LogP contribution in [0.5, 0.6) is 0 Å². The monoisotopic (exact) mass is 236 g/mol. The van der Waals surface area contributed by atoms with Crippen LogP contribution in [0.3, 0.4) is 0 Å². The molecule has 1 atom stereocenters. The van der Waals surface area contributed by atoms with Crippen molar-refractivity contribution < 1.29 is 0 Å². The van der Waals surface area contributed by atoms with Crippen LogP contribution in [0.15, 0.2) is 18.2 Å². The molecule has 1 rings (SSSR count). The standard InChI is InChI=1S/C13H20N2S/c1-5-11(4)14-13(16)15-12-9(2)7-6-8-10(12)3/h6-8,11H,5H2,1-4H3,(H2,14,15,16)/t11-/m1/s1. The Morgan fingerprint density at radius 2 is 1.88 bits per heavy atom. The van der Waals surface area contributed by atoms with Crippen LogP contribution in [0.2, 0.25) is 0 Å². The van der Waals surface area contributed by atoms with Crippen LogP contribution < -0.4 is 10.6 Å². The highest BCUT2D eigenvalue weighted by Gasteiger charge is 2.05. The van der Waals surface area contributed by atoms with E-state index in [4.69, 9.17) is 12.2 Å². The minimum absolute atomic E-state index is 0.407. The van der Waals surface area contributed by atoms with Crippen molar-refractivity contribution in [1.29, 1.82) is 0 Å². The summed E-state index contributed by atoms with van der Waals surface area (Å²) in [5.41, 5.74) is 3.55. The van der Waals surface area contributed by atoms with Crippen LogP contribution in [0.1, 0.15) is 31.4 Å². The van der Waals surface area contributed by atoms with E-state index < -0.39 is 0 Å². The van der Waals surface area contributed by atoms with Gasteiger partial charge in [-0.15, -0.1) is 0 Å². The average Bonchev–Trinajstić information content (AvgIpc) is 2.23. The molecule has 0 fully saturated rings. The molecule has 0 saturated heterocycles. The number of anilines is 1. The number of nitrogens with one attached hydrogen (secondary N) is 2. The van der Waals surface area contributed by atoms with Crippen molar-refractivity contribution in [1.82, 2.24) is 5.32 Å². The molecule has 0 saturated carbocycles. The molecule has 1 aromatic carbocycles. The van der Waals surface area contributed by atoms with Gasteiger partial charge < -0.3 is 10.6 Å². The van der Waals surface area contributed by atoms with Gasteiger partial charge in [0.05, 0.1) is 0 Å². The minimum atomic E-state index is 0.407. The van der Waals surface area contributed by atoms with Gasteiger partial charge in [0, 0.05) is 11.7 Å². The Morgan fingerprint density at radius 1 is 1.31 bits per heavy atom. The molecule has 16 heavy (non-hydrogen) atoms. The Balaban J connectivity index is 2.70. The summed E-state index contributed by atoms with van der Waals surface area (Å²) in [7, 11) is 0. The summed E-state index contributed by atoms with van der Waals surface area (Å²) in [6.45, 7) is 8.43. The number of benzene rings is 1. The number of thiocarbonyl (C=S) groups is 1. The van der Waals surface area contributed by atoms with Crippen LogP contribution in [0.25, 0.3) is 0 Å². The van der Waals surface area contributed by atoms with Gasteiger partial charge in [-0.2, -0.15) is 0 Å². The highest BCUT2D eigenvalue weighted by molar-refractivity contribution is 7.80. The molecule has 3 heteroatoms. The van der Waals surface area contributed by atoms with Crippen molar-refractivity contribution >= 4 is 23.0 Å². The second-order valence-electron chi connectivity index (χ2n) is 4.17. The fraction of sp³-hybridized carbons (Fsp3) is 0.462. The third kappa shape index (κ3) is 3.49. The van der Waals surface area contributed by atoms with E-state index in [1.165, 1.54) is 11.1 Å². The molecule has 2 N–H and O–H groups in total. The SMILES string of the molecule is CC[C@@H](C)NC(=S)Nc1c(C)cccc1C. The number of para-hydroxylation sites is 1. The van der Waals surface area contributed by atoms with Crippen LogP contribution in [0, 0.1) is 13.8 Å². The van der Waals surface area contributed by atoms with E-state index in [0.29, 0.717) is 11.2 Å². The maximum atomic E-state index is 5.28. The van der Waals surface area contributed by atoms with Crippen molar-refractivity contribution in [3.63, 3.8) is 0 Å². The zero-order chi connectivity index (χ0) is 12.1. The Hall–Kier alpha value is -1.09. The fourth-order valence-electron chi connectivity index (χ4n) is 1.49. The zero-order valence-electron chi connectivity index (χ0n) is 10.4. The van der Waals surface area contributed by atoms with Crippen LogP contribution >= 0.6 is 12.2 Å². The first-order valence-electron chi connectivity index (χ1n) is 5.68. The van der Waals surface area contributed by atoms with E-state index in [1.54, 1.807) is 0 Å². The van der Waals surface area contributed by atoms with Crippen LogP contribution in [-0.4, -0.2) is 11.2 Å². The highest BCUT2D eigenvalue weighted by atomic mass is 32.1. The van der Waals surface area contributed by atoms with Gasteiger partial charge in [-0.25, -0.2) is 0 Å². The highest BCUT2D eigenvalue weighted by Crippen LogP contribution is 2.19. The molecule has 0 aliphatic rings. The lowest BCUT2D eigenvalue weighted by atomic mass is 10.1. The lowest BCUT2D eigenvalue weighted by Gasteiger charge is -2.17. The molecule has 0 amide bonds. The number of hydrogen-bond donors (Lipinski definition) is 2. The van der Waals surface area contributed by atoms with Gasteiger partial charge >= 0.3 is 0 Å². The predicted octanol–water partition coefficient (Wildman–Crippen LogP) is 3.39. The fourth-order valence-corrected chi connectivity index (χ4v) is 1.79. The number of aryl methyl sites for hydroxylation is 2. The summed E-state index contributed by atoms with van der Waals surface area (Å²) in [6.07, 6.45) is 1.06. The van der Waals surface area contributed by atoms with Gasteiger partial charge in [0.1, 0.15) is 0 Å². The van der Waals surface area contributed by atoms with Gasteiger partial charge in [-0.3, -0.25) is 0 Å². The zero-order valence-corrected chi connectivity index (χ0v) is 11.2. The Labute approximate surface area is 103 Å². The summed E-state index contributed by atoms with van der Waals surface area (Å²) in [5.74, 6) is 0. The van der Waals surface area contributed by atoms with Gasteiger partial charge in [-0.05, 0) is 50.5 Å². The van der Waals surface area contributed by atoms with Crippen molar-refractivity contribution in [2.75, 3.05) is 5.32 Å². The van der Waals surface area contributed by atoms with Crippen molar-refractivity contribution in [2.24, 2.45) is 0 Å². The van der Waals surface area contributed by atoms with E-state index in [-0.39, 0.29) is 0 Å². The quantitative estimate of drug-likeness (QED) is 0.787.